The topological polar surface area (TPSA) is 35.5 Å². The highest BCUT2D eigenvalue weighted by Crippen LogP contribution is 1.93. The fraction of sp³-hybridized carbons (Fsp3) is 0.846. The second-order valence-corrected chi connectivity index (χ2v) is 4.01. The molecule has 0 amide bonds. The SMILES string of the molecule is C=C.CCCCN(C)CCCS.CNCCO. The van der Waals surface area contributed by atoms with Crippen molar-refractivity contribution in [1.29, 1.82) is 0 Å². The molecule has 0 bridgehead atoms. The molecule has 0 rings (SSSR count). The van der Waals surface area contributed by atoms with Crippen LogP contribution in [0.2, 0.25) is 0 Å². The Morgan fingerprint density at radius 1 is 1.24 bits per heavy atom. The number of rotatable bonds is 8. The van der Waals surface area contributed by atoms with E-state index in [1.807, 2.05) is 0 Å². The van der Waals surface area contributed by atoms with Gasteiger partial charge in [-0.25, -0.2) is 0 Å². The molecule has 106 valence electrons. The zero-order valence-electron chi connectivity index (χ0n) is 11.9. The molecular formula is C13H32N2OS. The lowest BCUT2D eigenvalue weighted by Crippen LogP contribution is -2.20. The van der Waals surface area contributed by atoms with Gasteiger partial charge >= 0.3 is 0 Å². The lowest BCUT2D eigenvalue weighted by molar-refractivity contribution is 0.296. The van der Waals surface area contributed by atoms with Crippen molar-refractivity contribution in [2.75, 3.05) is 46.1 Å². The Balaban J connectivity index is -0.000000236. The lowest BCUT2D eigenvalue weighted by atomic mass is 10.3. The van der Waals surface area contributed by atoms with Crippen LogP contribution in [0.4, 0.5) is 0 Å². The van der Waals surface area contributed by atoms with Gasteiger partial charge in [0.05, 0.1) is 6.61 Å². The molecule has 0 aromatic heterocycles. The van der Waals surface area contributed by atoms with Crippen LogP contribution >= 0.6 is 12.6 Å². The normalized spacial score (nSPS) is 9.06. The third kappa shape index (κ3) is 31.4. The molecule has 0 radical (unpaired) electrons. The smallest absolute Gasteiger partial charge is 0.0555 e. The van der Waals surface area contributed by atoms with Crippen LogP contribution in [0.15, 0.2) is 13.2 Å². The van der Waals surface area contributed by atoms with Crippen molar-refractivity contribution in [3.63, 3.8) is 0 Å². The summed E-state index contributed by atoms with van der Waals surface area (Å²) >= 11 is 4.16. The van der Waals surface area contributed by atoms with E-state index < -0.39 is 0 Å². The van der Waals surface area contributed by atoms with Gasteiger partial charge in [-0.05, 0) is 45.8 Å². The number of hydrogen-bond acceptors (Lipinski definition) is 4. The van der Waals surface area contributed by atoms with Crippen molar-refractivity contribution < 1.29 is 5.11 Å². The van der Waals surface area contributed by atoms with E-state index in [4.69, 9.17) is 5.11 Å². The lowest BCUT2D eigenvalue weighted by Gasteiger charge is -2.14. The summed E-state index contributed by atoms with van der Waals surface area (Å²) in [6.07, 6.45) is 3.83. The number of hydrogen-bond donors (Lipinski definition) is 3. The van der Waals surface area contributed by atoms with E-state index in [0.29, 0.717) is 6.54 Å². The van der Waals surface area contributed by atoms with E-state index in [9.17, 15) is 0 Å². The Kier molecular flexibility index (Phi) is 32.6. The van der Waals surface area contributed by atoms with Gasteiger partial charge in [0.15, 0.2) is 0 Å². The molecule has 0 aliphatic rings. The predicted octanol–water partition coefficient (Wildman–Crippen LogP) is 2.04. The van der Waals surface area contributed by atoms with Crippen molar-refractivity contribution in [3.05, 3.63) is 13.2 Å². The van der Waals surface area contributed by atoms with E-state index in [1.165, 1.54) is 32.4 Å². The maximum absolute atomic E-state index is 8.00. The maximum atomic E-state index is 8.00. The van der Waals surface area contributed by atoms with Gasteiger partial charge in [-0.2, -0.15) is 12.6 Å². The van der Waals surface area contributed by atoms with E-state index in [0.717, 1.165) is 5.75 Å². The van der Waals surface area contributed by atoms with Gasteiger partial charge in [0.25, 0.3) is 0 Å². The van der Waals surface area contributed by atoms with Crippen LogP contribution in [0.25, 0.3) is 0 Å². The average molecular weight is 264 g/mol. The first-order valence-corrected chi connectivity index (χ1v) is 6.91. The molecule has 3 nitrogen and oxygen atoms in total. The number of aliphatic hydroxyl groups excluding tert-OH is 1. The van der Waals surface area contributed by atoms with Gasteiger partial charge in [0.2, 0.25) is 0 Å². The van der Waals surface area contributed by atoms with Crippen LogP contribution in [0.5, 0.6) is 0 Å². The van der Waals surface area contributed by atoms with Gasteiger partial charge in [-0.3, -0.25) is 0 Å². The summed E-state index contributed by atoms with van der Waals surface area (Å²) in [7, 11) is 3.98. The van der Waals surface area contributed by atoms with Crippen LogP contribution in [0.3, 0.4) is 0 Å². The molecule has 0 unspecified atom stereocenters. The van der Waals surface area contributed by atoms with E-state index in [1.54, 1.807) is 7.05 Å². The first kappa shape index (κ1) is 22.2. The van der Waals surface area contributed by atoms with E-state index in [2.05, 4.69) is 50.0 Å². The number of aliphatic hydroxyl groups is 1. The summed E-state index contributed by atoms with van der Waals surface area (Å²) in [6.45, 7) is 11.6. The zero-order chi connectivity index (χ0) is 13.9. The van der Waals surface area contributed by atoms with Crippen molar-refractivity contribution in [1.82, 2.24) is 10.2 Å². The average Bonchev–Trinajstić information content (AvgIpc) is 2.38. The fourth-order valence-corrected chi connectivity index (χ4v) is 1.13. The monoisotopic (exact) mass is 264 g/mol. The molecule has 0 aromatic rings. The Hall–Kier alpha value is -0.0300. The second-order valence-electron chi connectivity index (χ2n) is 3.56. The standard InChI is InChI=1S/C8H19NS.C3H9NO.C2H4/c1-3-4-6-9(2)7-5-8-10;1-4-2-3-5;1-2/h10H,3-8H2,1-2H3;4-5H,2-3H2,1H3;1-2H2. The maximum Gasteiger partial charge on any atom is 0.0555 e. The Bertz CT molecular complexity index is 106. The second kappa shape index (κ2) is 25.0. The van der Waals surface area contributed by atoms with Gasteiger partial charge in [0, 0.05) is 6.54 Å². The number of nitrogens with one attached hydrogen (secondary N) is 1. The molecule has 0 atom stereocenters. The van der Waals surface area contributed by atoms with Gasteiger partial charge in [-0.15, -0.1) is 13.2 Å². The molecule has 0 heterocycles. The molecule has 17 heavy (non-hydrogen) atoms. The van der Waals surface area contributed by atoms with Crippen molar-refractivity contribution in [3.8, 4) is 0 Å². The third-order valence-electron chi connectivity index (χ3n) is 1.95. The summed E-state index contributed by atoms with van der Waals surface area (Å²) in [6, 6.07) is 0. The number of unbranched alkanes of at least 4 members (excludes halogenated alkanes) is 1. The molecule has 0 saturated heterocycles. The van der Waals surface area contributed by atoms with Crippen LogP contribution < -0.4 is 5.32 Å². The van der Waals surface area contributed by atoms with E-state index >= 15 is 0 Å². The molecule has 0 fully saturated rings. The summed E-state index contributed by atoms with van der Waals surface area (Å²) in [5, 5.41) is 10.8. The first-order chi connectivity index (χ1) is 8.22. The summed E-state index contributed by atoms with van der Waals surface area (Å²) in [4.78, 5) is 2.37. The quantitative estimate of drug-likeness (QED) is 0.464. The van der Waals surface area contributed by atoms with Crippen LogP contribution in [-0.2, 0) is 0 Å². The fourth-order valence-electron chi connectivity index (χ4n) is 0.992. The molecule has 2 N–H and O–H groups in total. The summed E-state index contributed by atoms with van der Waals surface area (Å²) < 4.78 is 0. The van der Waals surface area contributed by atoms with Crippen molar-refractivity contribution >= 4 is 12.6 Å². The Labute approximate surface area is 114 Å². The Morgan fingerprint density at radius 3 is 2.06 bits per heavy atom. The molecule has 4 heteroatoms. The molecule has 0 aliphatic heterocycles. The van der Waals surface area contributed by atoms with E-state index in [-0.39, 0.29) is 6.61 Å². The summed E-state index contributed by atoms with van der Waals surface area (Å²) in [5.41, 5.74) is 0. The molecule has 0 aliphatic carbocycles. The van der Waals surface area contributed by atoms with Gasteiger partial charge < -0.3 is 15.3 Å². The third-order valence-corrected chi connectivity index (χ3v) is 2.27. The predicted molar refractivity (Wildman–Crippen MR) is 83.1 cm³/mol. The van der Waals surface area contributed by atoms with Gasteiger partial charge in [-0.1, -0.05) is 13.3 Å². The highest BCUT2D eigenvalue weighted by Gasteiger charge is 1.94. The highest BCUT2D eigenvalue weighted by atomic mass is 32.1. The highest BCUT2D eigenvalue weighted by molar-refractivity contribution is 7.80. The number of thiol groups is 1. The number of likely N-dealkylation sites (N-methyl/N-ethyl adjacent to an activating group) is 1. The molecule has 0 saturated carbocycles. The van der Waals surface area contributed by atoms with Crippen LogP contribution in [0, 0.1) is 0 Å². The van der Waals surface area contributed by atoms with Crippen molar-refractivity contribution in [2.45, 2.75) is 26.2 Å². The van der Waals surface area contributed by atoms with Crippen molar-refractivity contribution in [2.24, 2.45) is 0 Å². The number of nitrogens with zero attached hydrogens (tertiary/aromatic N) is 1. The van der Waals surface area contributed by atoms with Crippen LogP contribution in [0.1, 0.15) is 26.2 Å². The Morgan fingerprint density at radius 2 is 1.76 bits per heavy atom. The molecular weight excluding hydrogens is 232 g/mol. The van der Waals surface area contributed by atoms with Gasteiger partial charge in [0.1, 0.15) is 0 Å². The zero-order valence-corrected chi connectivity index (χ0v) is 12.8. The minimum atomic E-state index is 0.233. The largest absolute Gasteiger partial charge is 0.395 e. The minimum Gasteiger partial charge on any atom is -0.395 e. The summed E-state index contributed by atoms with van der Waals surface area (Å²) in [5.74, 6) is 1.01. The van der Waals surface area contributed by atoms with Crippen LogP contribution in [-0.4, -0.2) is 56.1 Å². The molecule has 0 aromatic carbocycles. The first-order valence-electron chi connectivity index (χ1n) is 6.27. The minimum absolute atomic E-state index is 0.233. The molecule has 0 spiro atoms.